The number of amides is 2. The fraction of sp³-hybridized carbons (Fsp3) is 0.591. The second kappa shape index (κ2) is 9.22. The van der Waals surface area contributed by atoms with Gasteiger partial charge in [-0.2, -0.15) is 0 Å². The summed E-state index contributed by atoms with van der Waals surface area (Å²) >= 11 is 0. The third-order valence-electron chi connectivity index (χ3n) is 5.05. The standard InChI is InChI=1S/C22H32N2O4/c1-6-16-7-9-18(10-8-16)23-19(25)15(2)28-20(26)17-11-13-24(14-12-17)21(27)22(3,4)5/h7-10,15,17H,6,11-14H2,1-5H3,(H,23,25). The Bertz CT molecular complexity index is 698. The highest BCUT2D eigenvalue weighted by Gasteiger charge is 2.33. The average Bonchev–Trinajstić information content (AvgIpc) is 2.67. The van der Waals surface area contributed by atoms with Crippen LogP contribution in [0.4, 0.5) is 5.69 Å². The van der Waals surface area contributed by atoms with E-state index in [0.717, 1.165) is 6.42 Å². The molecule has 1 aromatic rings. The minimum Gasteiger partial charge on any atom is -0.452 e. The van der Waals surface area contributed by atoms with Crippen LogP contribution in [0, 0.1) is 11.3 Å². The van der Waals surface area contributed by atoms with Gasteiger partial charge in [-0.1, -0.05) is 39.8 Å². The van der Waals surface area contributed by atoms with Crippen molar-refractivity contribution in [3.05, 3.63) is 29.8 Å². The van der Waals surface area contributed by atoms with Crippen LogP contribution in [-0.4, -0.2) is 41.9 Å². The maximum absolute atomic E-state index is 12.4. The van der Waals surface area contributed by atoms with Crippen LogP contribution in [0.15, 0.2) is 24.3 Å². The summed E-state index contributed by atoms with van der Waals surface area (Å²) in [7, 11) is 0. The van der Waals surface area contributed by atoms with Gasteiger partial charge < -0.3 is 15.0 Å². The van der Waals surface area contributed by atoms with E-state index in [0.29, 0.717) is 31.6 Å². The molecule has 0 radical (unpaired) electrons. The minimum atomic E-state index is -0.868. The lowest BCUT2D eigenvalue weighted by Crippen LogP contribution is -2.45. The van der Waals surface area contributed by atoms with E-state index in [1.54, 1.807) is 11.8 Å². The number of likely N-dealkylation sites (tertiary alicyclic amines) is 1. The van der Waals surface area contributed by atoms with Crippen molar-refractivity contribution in [3.8, 4) is 0 Å². The lowest BCUT2D eigenvalue weighted by molar-refractivity contribution is -0.160. The molecular weight excluding hydrogens is 356 g/mol. The molecule has 1 N–H and O–H groups in total. The Morgan fingerprint density at radius 3 is 2.21 bits per heavy atom. The van der Waals surface area contributed by atoms with Gasteiger partial charge in [0.05, 0.1) is 5.92 Å². The molecule has 2 amide bonds. The first-order valence-corrected chi connectivity index (χ1v) is 10.0. The summed E-state index contributed by atoms with van der Waals surface area (Å²) in [6, 6.07) is 7.60. The molecule has 1 heterocycles. The maximum atomic E-state index is 12.4. The molecule has 1 fully saturated rings. The molecule has 1 saturated heterocycles. The summed E-state index contributed by atoms with van der Waals surface area (Å²) < 4.78 is 5.38. The van der Waals surface area contributed by atoms with E-state index in [9.17, 15) is 14.4 Å². The van der Waals surface area contributed by atoms with Crippen molar-refractivity contribution >= 4 is 23.5 Å². The SMILES string of the molecule is CCc1ccc(NC(=O)C(C)OC(=O)C2CCN(C(=O)C(C)(C)C)CC2)cc1. The van der Waals surface area contributed by atoms with Crippen LogP contribution in [0.1, 0.15) is 53.0 Å². The van der Waals surface area contributed by atoms with Crippen molar-refractivity contribution in [2.45, 2.75) is 60.0 Å². The Kier molecular flexibility index (Phi) is 7.22. The average molecular weight is 389 g/mol. The number of nitrogens with one attached hydrogen (secondary N) is 1. The molecule has 2 rings (SSSR count). The smallest absolute Gasteiger partial charge is 0.309 e. The molecule has 0 aromatic heterocycles. The Labute approximate surface area is 167 Å². The lowest BCUT2D eigenvalue weighted by atomic mass is 9.91. The van der Waals surface area contributed by atoms with Crippen molar-refractivity contribution in [3.63, 3.8) is 0 Å². The zero-order valence-electron chi connectivity index (χ0n) is 17.6. The molecule has 0 spiro atoms. The van der Waals surface area contributed by atoms with Gasteiger partial charge in [-0.05, 0) is 43.9 Å². The first-order valence-electron chi connectivity index (χ1n) is 10.0. The third-order valence-corrected chi connectivity index (χ3v) is 5.05. The van der Waals surface area contributed by atoms with Gasteiger partial charge in [0.1, 0.15) is 0 Å². The molecule has 28 heavy (non-hydrogen) atoms. The molecular formula is C22H32N2O4. The number of hydrogen-bond donors (Lipinski definition) is 1. The number of esters is 1. The molecule has 1 unspecified atom stereocenters. The zero-order valence-corrected chi connectivity index (χ0v) is 17.6. The van der Waals surface area contributed by atoms with E-state index in [1.165, 1.54) is 5.56 Å². The maximum Gasteiger partial charge on any atom is 0.309 e. The van der Waals surface area contributed by atoms with Crippen LogP contribution in [0.5, 0.6) is 0 Å². The topological polar surface area (TPSA) is 75.7 Å². The number of nitrogens with zero attached hydrogens (tertiary/aromatic N) is 1. The molecule has 0 aliphatic carbocycles. The number of carbonyl (C=O) groups is 3. The van der Waals surface area contributed by atoms with Crippen molar-refractivity contribution in [1.82, 2.24) is 4.90 Å². The van der Waals surface area contributed by atoms with Gasteiger partial charge in [-0.15, -0.1) is 0 Å². The van der Waals surface area contributed by atoms with E-state index >= 15 is 0 Å². The summed E-state index contributed by atoms with van der Waals surface area (Å²) in [4.78, 5) is 38.9. The van der Waals surface area contributed by atoms with Crippen LogP contribution < -0.4 is 5.32 Å². The first-order chi connectivity index (χ1) is 13.1. The summed E-state index contributed by atoms with van der Waals surface area (Å²) in [5.74, 6) is -0.894. The van der Waals surface area contributed by atoms with Crippen molar-refractivity contribution in [2.75, 3.05) is 18.4 Å². The second-order valence-electron chi connectivity index (χ2n) is 8.44. The minimum absolute atomic E-state index is 0.0983. The summed E-state index contributed by atoms with van der Waals surface area (Å²) in [5.41, 5.74) is 1.45. The predicted octanol–water partition coefficient (Wildman–Crippen LogP) is 3.40. The number of aryl methyl sites for hydroxylation is 1. The van der Waals surface area contributed by atoms with Gasteiger partial charge in [-0.3, -0.25) is 14.4 Å². The number of anilines is 1. The van der Waals surface area contributed by atoms with E-state index in [2.05, 4.69) is 12.2 Å². The normalized spacial score (nSPS) is 16.4. The zero-order chi connectivity index (χ0) is 20.9. The monoisotopic (exact) mass is 388 g/mol. The lowest BCUT2D eigenvalue weighted by Gasteiger charge is -2.35. The van der Waals surface area contributed by atoms with Crippen LogP contribution in [0.3, 0.4) is 0 Å². The van der Waals surface area contributed by atoms with Crippen LogP contribution in [0.25, 0.3) is 0 Å². The molecule has 6 heteroatoms. The number of ether oxygens (including phenoxy) is 1. The summed E-state index contributed by atoms with van der Waals surface area (Å²) in [6.45, 7) is 10.4. The van der Waals surface area contributed by atoms with Crippen LogP contribution in [0.2, 0.25) is 0 Å². The van der Waals surface area contributed by atoms with E-state index < -0.39 is 11.5 Å². The van der Waals surface area contributed by atoms with Gasteiger partial charge in [0.2, 0.25) is 5.91 Å². The molecule has 1 atom stereocenters. The van der Waals surface area contributed by atoms with Gasteiger partial charge >= 0.3 is 5.97 Å². The Morgan fingerprint density at radius 1 is 1.14 bits per heavy atom. The summed E-state index contributed by atoms with van der Waals surface area (Å²) in [6.07, 6.45) is 1.19. The number of rotatable bonds is 5. The molecule has 0 saturated carbocycles. The van der Waals surface area contributed by atoms with Crippen molar-refractivity contribution < 1.29 is 19.1 Å². The highest BCUT2D eigenvalue weighted by Crippen LogP contribution is 2.24. The summed E-state index contributed by atoms with van der Waals surface area (Å²) in [5, 5.41) is 2.77. The van der Waals surface area contributed by atoms with Gasteiger partial charge in [0, 0.05) is 24.2 Å². The highest BCUT2D eigenvalue weighted by molar-refractivity contribution is 5.95. The number of hydrogen-bond acceptors (Lipinski definition) is 4. The molecule has 1 aliphatic rings. The van der Waals surface area contributed by atoms with Gasteiger partial charge in [-0.25, -0.2) is 0 Å². The number of carbonyl (C=O) groups excluding carboxylic acids is 3. The van der Waals surface area contributed by atoms with E-state index in [4.69, 9.17) is 4.74 Å². The largest absolute Gasteiger partial charge is 0.452 e. The number of piperidine rings is 1. The fourth-order valence-electron chi connectivity index (χ4n) is 3.18. The highest BCUT2D eigenvalue weighted by atomic mass is 16.5. The third kappa shape index (κ3) is 5.81. The molecule has 6 nitrogen and oxygen atoms in total. The Morgan fingerprint density at radius 2 is 1.71 bits per heavy atom. The van der Waals surface area contributed by atoms with E-state index in [-0.39, 0.29) is 23.7 Å². The second-order valence-corrected chi connectivity index (χ2v) is 8.44. The quantitative estimate of drug-likeness (QED) is 0.785. The number of benzene rings is 1. The van der Waals surface area contributed by atoms with Crippen LogP contribution in [-0.2, 0) is 25.5 Å². The van der Waals surface area contributed by atoms with E-state index in [1.807, 2.05) is 45.0 Å². The van der Waals surface area contributed by atoms with Crippen LogP contribution >= 0.6 is 0 Å². The molecule has 0 bridgehead atoms. The van der Waals surface area contributed by atoms with Crippen molar-refractivity contribution in [2.24, 2.45) is 11.3 Å². The molecule has 1 aliphatic heterocycles. The predicted molar refractivity (Wildman–Crippen MR) is 109 cm³/mol. The fourth-order valence-corrected chi connectivity index (χ4v) is 3.18. The Hall–Kier alpha value is -2.37. The van der Waals surface area contributed by atoms with Crippen molar-refractivity contribution in [1.29, 1.82) is 0 Å². The Balaban J connectivity index is 1.82. The van der Waals surface area contributed by atoms with Gasteiger partial charge in [0.25, 0.3) is 5.91 Å². The first kappa shape index (κ1) is 21.9. The molecule has 154 valence electrons. The van der Waals surface area contributed by atoms with Gasteiger partial charge in [0.15, 0.2) is 6.10 Å². The molecule has 1 aromatic carbocycles.